The highest BCUT2D eigenvalue weighted by Crippen LogP contribution is 2.19. The van der Waals surface area contributed by atoms with Crippen molar-refractivity contribution in [3.05, 3.63) is 59.7 Å². The van der Waals surface area contributed by atoms with E-state index in [-0.39, 0.29) is 29.5 Å². The third kappa shape index (κ3) is 3.94. The number of benzene rings is 2. The minimum absolute atomic E-state index is 0.0634. The van der Waals surface area contributed by atoms with Gasteiger partial charge < -0.3 is 14.7 Å². The number of carbonyl (C=O) groups excluding carboxylic acids is 1. The van der Waals surface area contributed by atoms with E-state index in [4.69, 9.17) is 0 Å². The molecule has 116 valence electrons. The highest BCUT2D eigenvalue weighted by Gasteiger charge is 2.15. The number of carbonyl (C=O) groups is 1. The van der Waals surface area contributed by atoms with E-state index in [2.05, 4.69) is 4.74 Å². The number of alkyl halides is 2. The van der Waals surface area contributed by atoms with Gasteiger partial charge in [-0.2, -0.15) is 8.78 Å². The smallest absolute Gasteiger partial charge is 0.387 e. The normalized spacial score (nSPS) is 10.5. The van der Waals surface area contributed by atoms with Crippen LogP contribution < -0.4 is 4.74 Å². The van der Waals surface area contributed by atoms with Gasteiger partial charge in [0.25, 0.3) is 5.91 Å². The molecule has 0 aliphatic heterocycles. The summed E-state index contributed by atoms with van der Waals surface area (Å²) in [5, 5.41) is 9.68. The van der Waals surface area contributed by atoms with Gasteiger partial charge >= 0.3 is 6.61 Å². The number of ether oxygens (including phenoxy) is 1. The summed E-state index contributed by atoms with van der Waals surface area (Å²) in [6.45, 7) is -2.58. The van der Waals surface area contributed by atoms with Crippen LogP contribution in [0.4, 0.5) is 8.78 Å². The van der Waals surface area contributed by atoms with E-state index < -0.39 is 6.61 Å². The van der Waals surface area contributed by atoms with Gasteiger partial charge in [-0.15, -0.1) is 0 Å². The molecular formula is C16H15F2NO3. The first kappa shape index (κ1) is 15.8. The second kappa shape index (κ2) is 6.89. The molecule has 2 aromatic carbocycles. The molecule has 0 aliphatic carbocycles. The summed E-state index contributed by atoms with van der Waals surface area (Å²) >= 11 is 0. The zero-order valence-electron chi connectivity index (χ0n) is 11.9. The Bertz CT molecular complexity index is 644. The van der Waals surface area contributed by atoms with Crippen LogP contribution in [0.5, 0.6) is 11.5 Å². The summed E-state index contributed by atoms with van der Waals surface area (Å²) in [6, 6.07) is 12.3. The Hall–Kier alpha value is -2.63. The third-order valence-electron chi connectivity index (χ3n) is 3.05. The van der Waals surface area contributed by atoms with E-state index in [0.29, 0.717) is 0 Å². The van der Waals surface area contributed by atoms with Crippen LogP contribution >= 0.6 is 0 Å². The molecule has 0 unspecified atom stereocenters. The molecule has 0 fully saturated rings. The van der Waals surface area contributed by atoms with E-state index in [1.807, 2.05) is 0 Å². The van der Waals surface area contributed by atoms with Gasteiger partial charge in [-0.05, 0) is 29.8 Å². The van der Waals surface area contributed by atoms with E-state index in [0.717, 1.165) is 5.56 Å². The number of rotatable bonds is 5. The van der Waals surface area contributed by atoms with Crippen LogP contribution in [0.25, 0.3) is 0 Å². The Labute approximate surface area is 126 Å². The maximum atomic E-state index is 12.2. The second-order valence-corrected chi connectivity index (χ2v) is 4.70. The monoisotopic (exact) mass is 307 g/mol. The standard InChI is InChI=1S/C16H15F2NO3/c1-19(15(21)13-4-2-3-5-14(13)20)10-11-6-8-12(9-7-11)22-16(17)18/h2-9,16,20H,10H2,1H3. The number of hydrogen-bond donors (Lipinski definition) is 1. The van der Waals surface area contributed by atoms with Gasteiger partial charge in [0.2, 0.25) is 0 Å². The quantitative estimate of drug-likeness (QED) is 0.922. The predicted octanol–water partition coefficient (Wildman–Crippen LogP) is 3.27. The molecular weight excluding hydrogens is 292 g/mol. The lowest BCUT2D eigenvalue weighted by Gasteiger charge is -2.18. The maximum Gasteiger partial charge on any atom is 0.387 e. The molecule has 2 rings (SSSR count). The van der Waals surface area contributed by atoms with Crippen molar-refractivity contribution >= 4 is 5.91 Å². The third-order valence-corrected chi connectivity index (χ3v) is 3.05. The average Bonchev–Trinajstić information content (AvgIpc) is 2.48. The molecule has 0 spiro atoms. The van der Waals surface area contributed by atoms with Gasteiger partial charge in [-0.1, -0.05) is 24.3 Å². The van der Waals surface area contributed by atoms with Crippen molar-refractivity contribution in [2.75, 3.05) is 7.05 Å². The van der Waals surface area contributed by atoms with Gasteiger partial charge in [-0.25, -0.2) is 0 Å². The molecule has 0 heterocycles. The molecule has 0 aliphatic rings. The van der Waals surface area contributed by atoms with Crippen LogP contribution in [0.15, 0.2) is 48.5 Å². The molecule has 22 heavy (non-hydrogen) atoms. The van der Waals surface area contributed by atoms with Crippen molar-refractivity contribution in [3.8, 4) is 11.5 Å². The predicted molar refractivity (Wildman–Crippen MR) is 77.0 cm³/mol. The molecule has 0 saturated carbocycles. The summed E-state index contributed by atoms with van der Waals surface area (Å²) in [7, 11) is 1.60. The molecule has 0 bridgehead atoms. The maximum absolute atomic E-state index is 12.2. The molecule has 6 heteroatoms. The summed E-state index contributed by atoms with van der Waals surface area (Å²) in [5.74, 6) is -0.348. The number of para-hydroxylation sites is 1. The molecule has 0 atom stereocenters. The minimum Gasteiger partial charge on any atom is -0.507 e. The van der Waals surface area contributed by atoms with Crippen LogP contribution in [-0.2, 0) is 6.54 Å². The molecule has 0 saturated heterocycles. The SMILES string of the molecule is CN(Cc1ccc(OC(F)F)cc1)C(=O)c1ccccc1O. The second-order valence-electron chi connectivity index (χ2n) is 4.70. The van der Waals surface area contributed by atoms with Crippen molar-refractivity contribution < 1.29 is 23.4 Å². The summed E-state index contributed by atoms with van der Waals surface area (Å²) in [6.07, 6.45) is 0. The first-order valence-corrected chi connectivity index (χ1v) is 6.54. The Kier molecular flexibility index (Phi) is 4.93. The van der Waals surface area contributed by atoms with Gasteiger partial charge in [0, 0.05) is 13.6 Å². The van der Waals surface area contributed by atoms with Gasteiger partial charge in [0.1, 0.15) is 11.5 Å². The number of phenols is 1. The Morgan fingerprint density at radius 3 is 2.41 bits per heavy atom. The molecule has 1 N–H and O–H groups in total. The van der Waals surface area contributed by atoms with Crippen LogP contribution in [0, 0.1) is 0 Å². The number of amides is 1. The number of aromatic hydroxyl groups is 1. The number of nitrogens with zero attached hydrogens (tertiary/aromatic N) is 1. The lowest BCUT2D eigenvalue weighted by molar-refractivity contribution is -0.0498. The Balaban J connectivity index is 2.04. The number of halogens is 2. The summed E-state index contributed by atoms with van der Waals surface area (Å²) in [5.41, 5.74) is 0.968. The van der Waals surface area contributed by atoms with Crippen LogP contribution in [0.1, 0.15) is 15.9 Å². The highest BCUT2D eigenvalue weighted by atomic mass is 19.3. The fourth-order valence-corrected chi connectivity index (χ4v) is 1.98. The number of hydrogen-bond acceptors (Lipinski definition) is 3. The van der Waals surface area contributed by atoms with E-state index in [1.54, 1.807) is 31.3 Å². The van der Waals surface area contributed by atoms with Crippen molar-refractivity contribution in [3.63, 3.8) is 0 Å². The van der Waals surface area contributed by atoms with Gasteiger partial charge in [0.15, 0.2) is 0 Å². The number of phenolic OH excluding ortho intramolecular Hbond substituents is 1. The van der Waals surface area contributed by atoms with Gasteiger partial charge in [-0.3, -0.25) is 4.79 Å². The van der Waals surface area contributed by atoms with E-state index in [1.165, 1.54) is 29.2 Å². The highest BCUT2D eigenvalue weighted by molar-refractivity contribution is 5.96. The fourth-order valence-electron chi connectivity index (χ4n) is 1.98. The van der Waals surface area contributed by atoms with Crippen LogP contribution in [0.2, 0.25) is 0 Å². The summed E-state index contributed by atoms with van der Waals surface area (Å²) < 4.78 is 28.4. The fraction of sp³-hybridized carbons (Fsp3) is 0.188. The van der Waals surface area contributed by atoms with Crippen LogP contribution in [0.3, 0.4) is 0 Å². The minimum atomic E-state index is -2.86. The molecule has 0 aromatic heterocycles. The first-order chi connectivity index (χ1) is 10.5. The molecule has 0 radical (unpaired) electrons. The zero-order chi connectivity index (χ0) is 16.1. The van der Waals surface area contributed by atoms with Crippen molar-refractivity contribution in [2.24, 2.45) is 0 Å². The topological polar surface area (TPSA) is 49.8 Å². The van der Waals surface area contributed by atoms with Crippen molar-refractivity contribution in [1.82, 2.24) is 4.90 Å². The zero-order valence-corrected chi connectivity index (χ0v) is 11.9. The average molecular weight is 307 g/mol. The Morgan fingerprint density at radius 2 is 1.82 bits per heavy atom. The van der Waals surface area contributed by atoms with E-state index in [9.17, 15) is 18.7 Å². The first-order valence-electron chi connectivity index (χ1n) is 6.54. The van der Waals surface area contributed by atoms with Crippen molar-refractivity contribution in [1.29, 1.82) is 0 Å². The van der Waals surface area contributed by atoms with Crippen molar-refractivity contribution in [2.45, 2.75) is 13.2 Å². The Morgan fingerprint density at radius 1 is 1.18 bits per heavy atom. The molecule has 4 nitrogen and oxygen atoms in total. The van der Waals surface area contributed by atoms with Crippen LogP contribution in [-0.4, -0.2) is 29.6 Å². The summed E-state index contributed by atoms with van der Waals surface area (Å²) in [4.78, 5) is 13.7. The molecule has 1 amide bonds. The lowest BCUT2D eigenvalue weighted by Crippen LogP contribution is -2.26. The molecule has 2 aromatic rings. The van der Waals surface area contributed by atoms with E-state index >= 15 is 0 Å². The lowest BCUT2D eigenvalue weighted by atomic mass is 10.1. The largest absolute Gasteiger partial charge is 0.507 e. The van der Waals surface area contributed by atoms with Gasteiger partial charge in [0.05, 0.1) is 5.56 Å².